The van der Waals surface area contributed by atoms with E-state index in [-0.39, 0.29) is 5.88 Å². The Morgan fingerprint density at radius 3 is 2.93 bits per heavy atom. The number of aliphatic imine (C=N–C) groups is 1. The predicted molar refractivity (Wildman–Crippen MR) is 59.8 cm³/mol. The maximum Gasteiger partial charge on any atom is 0.337 e. The fourth-order valence-corrected chi connectivity index (χ4v) is 1.08. The molecule has 1 aromatic carbocycles. The average Bonchev–Trinajstić information content (AvgIpc) is 2.28. The molecule has 5 heteroatoms. The molecule has 0 bridgehead atoms. The number of nitrogens with zero attached hydrogens (tertiary/aromatic N) is 1. The van der Waals surface area contributed by atoms with Crippen molar-refractivity contribution < 1.29 is 9.53 Å². The SMILES string of the molecule is COC(=O)c1cccc(N=C(N)CCl)c1. The Balaban J connectivity index is 2.98. The molecule has 0 aliphatic carbocycles. The average molecular weight is 227 g/mol. The zero-order valence-corrected chi connectivity index (χ0v) is 8.99. The smallest absolute Gasteiger partial charge is 0.337 e. The van der Waals surface area contributed by atoms with Crippen LogP contribution in [-0.2, 0) is 4.74 Å². The molecule has 15 heavy (non-hydrogen) atoms. The van der Waals surface area contributed by atoms with Gasteiger partial charge in [-0.1, -0.05) is 6.07 Å². The van der Waals surface area contributed by atoms with Gasteiger partial charge in [-0.2, -0.15) is 0 Å². The van der Waals surface area contributed by atoms with Crippen molar-refractivity contribution in [2.24, 2.45) is 10.7 Å². The van der Waals surface area contributed by atoms with Gasteiger partial charge in [-0.15, -0.1) is 11.6 Å². The number of alkyl halides is 1. The lowest BCUT2D eigenvalue weighted by Crippen LogP contribution is -2.12. The van der Waals surface area contributed by atoms with Crippen molar-refractivity contribution in [2.75, 3.05) is 13.0 Å². The van der Waals surface area contributed by atoms with Gasteiger partial charge in [-0.3, -0.25) is 0 Å². The van der Waals surface area contributed by atoms with E-state index in [9.17, 15) is 4.79 Å². The lowest BCUT2D eigenvalue weighted by atomic mass is 10.2. The Kier molecular flexibility index (Phi) is 4.12. The van der Waals surface area contributed by atoms with Gasteiger partial charge in [0.1, 0.15) is 5.84 Å². The molecule has 0 aliphatic heterocycles. The van der Waals surface area contributed by atoms with Crippen LogP contribution in [-0.4, -0.2) is 24.8 Å². The number of carbonyl (C=O) groups is 1. The summed E-state index contributed by atoms with van der Waals surface area (Å²) in [5, 5.41) is 0. The third-order valence-electron chi connectivity index (χ3n) is 1.68. The van der Waals surface area contributed by atoms with E-state index in [0.29, 0.717) is 17.1 Å². The first kappa shape index (κ1) is 11.5. The number of hydrogen-bond donors (Lipinski definition) is 1. The molecule has 2 N–H and O–H groups in total. The van der Waals surface area contributed by atoms with Crippen LogP contribution in [0, 0.1) is 0 Å². The number of ether oxygens (including phenoxy) is 1. The summed E-state index contributed by atoms with van der Waals surface area (Å²) in [6.07, 6.45) is 0. The van der Waals surface area contributed by atoms with Crippen LogP contribution in [0.25, 0.3) is 0 Å². The van der Waals surface area contributed by atoms with Crippen LogP contribution in [0.4, 0.5) is 5.69 Å². The Morgan fingerprint density at radius 1 is 1.60 bits per heavy atom. The minimum atomic E-state index is -0.406. The van der Waals surface area contributed by atoms with Crippen LogP contribution in [0.15, 0.2) is 29.3 Å². The molecular formula is C10H11ClN2O2. The summed E-state index contributed by atoms with van der Waals surface area (Å²) in [5.74, 6) is 0.0535. The van der Waals surface area contributed by atoms with Crippen molar-refractivity contribution in [1.29, 1.82) is 0 Å². The summed E-state index contributed by atoms with van der Waals surface area (Å²) in [4.78, 5) is 15.2. The summed E-state index contributed by atoms with van der Waals surface area (Å²) in [5.41, 5.74) is 6.48. The first-order valence-electron chi connectivity index (χ1n) is 4.24. The molecule has 1 aromatic rings. The molecule has 0 atom stereocenters. The van der Waals surface area contributed by atoms with Crippen LogP contribution in [0.3, 0.4) is 0 Å². The van der Waals surface area contributed by atoms with Crippen LogP contribution < -0.4 is 5.73 Å². The number of benzene rings is 1. The van der Waals surface area contributed by atoms with E-state index in [2.05, 4.69) is 9.73 Å². The zero-order valence-electron chi connectivity index (χ0n) is 8.24. The number of carbonyl (C=O) groups excluding carboxylic acids is 1. The second-order valence-corrected chi connectivity index (χ2v) is 3.05. The molecule has 0 saturated carbocycles. The van der Waals surface area contributed by atoms with Crippen LogP contribution >= 0.6 is 11.6 Å². The first-order chi connectivity index (χ1) is 7.17. The van der Waals surface area contributed by atoms with Crippen LogP contribution in [0.5, 0.6) is 0 Å². The minimum absolute atomic E-state index is 0.155. The van der Waals surface area contributed by atoms with Crippen LogP contribution in [0.2, 0.25) is 0 Å². The highest BCUT2D eigenvalue weighted by atomic mass is 35.5. The Morgan fingerprint density at radius 2 is 2.33 bits per heavy atom. The third-order valence-corrected chi connectivity index (χ3v) is 1.95. The number of hydrogen-bond acceptors (Lipinski definition) is 3. The quantitative estimate of drug-likeness (QED) is 0.369. The molecule has 1 rings (SSSR count). The standard InChI is InChI=1S/C10H11ClN2O2/c1-15-10(14)7-3-2-4-8(5-7)13-9(12)6-11/h2-5H,6H2,1H3,(H2,12,13). The van der Waals surface area contributed by atoms with Crippen molar-refractivity contribution in [3.63, 3.8) is 0 Å². The lowest BCUT2D eigenvalue weighted by Gasteiger charge is -2.00. The monoisotopic (exact) mass is 226 g/mol. The summed E-state index contributed by atoms with van der Waals surface area (Å²) in [6, 6.07) is 6.66. The van der Waals surface area contributed by atoms with Gasteiger partial charge in [0.15, 0.2) is 0 Å². The molecule has 0 unspecified atom stereocenters. The summed E-state index contributed by atoms with van der Waals surface area (Å²) in [6.45, 7) is 0. The van der Waals surface area contributed by atoms with Gasteiger partial charge in [-0.25, -0.2) is 9.79 Å². The summed E-state index contributed by atoms with van der Waals surface area (Å²) < 4.78 is 4.58. The lowest BCUT2D eigenvalue weighted by molar-refractivity contribution is 0.0601. The van der Waals surface area contributed by atoms with E-state index in [1.54, 1.807) is 24.3 Å². The van der Waals surface area contributed by atoms with Crippen molar-refractivity contribution in [3.8, 4) is 0 Å². The predicted octanol–water partition coefficient (Wildman–Crippen LogP) is 1.70. The van der Waals surface area contributed by atoms with Crippen molar-refractivity contribution >= 4 is 29.1 Å². The van der Waals surface area contributed by atoms with E-state index >= 15 is 0 Å². The number of nitrogens with two attached hydrogens (primary N) is 1. The second kappa shape index (κ2) is 5.36. The minimum Gasteiger partial charge on any atom is -0.465 e. The number of rotatable bonds is 3. The highest BCUT2D eigenvalue weighted by Gasteiger charge is 2.04. The first-order valence-corrected chi connectivity index (χ1v) is 4.78. The van der Waals surface area contributed by atoms with E-state index in [4.69, 9.17) is 17.3 Å². The molecule has 0 aliphatic rings. The number of methoxy groups -OCH3 is 1. The fraction of sp³-hybridized carbons (Fsp3) is 0.200. The van der Waals surface area contributed by atoms with E-state index in [0.717, 1.165) is 0 Å². The third kappa shape index (κ3) is 3.25. The maximum absolute atomic E-state index is 11.2. The molecule has 0 amide bonds. The Bertz CT molecular complexity index is 391. The van der Waals surface area contributed by atoms with Gasteiger partial charge in [0.05, 0.1) is 24.2 Å². The van der Waals surface area contributed by atoms with E-state index < -0.39 is 5.97 Å². The number of halogens is 1. The maximum atomic E-state index is 11.2. The summed E-state index contributed by atoms with van der Waals surface area (Å²) >= 11 is 5.48. The largest absolute Gasteiger partial charge is 0.465 e. The van der Waals surface area contributed by atoms with E-state index in [1.807, 2.05) is 0 Å². The van der Waals surface area contributed by atoms with Crippen molar-refractivity contribution in [3.05, 3.63) is 29.8 Å². The fourth-order valence-electron chi connectivity index (χ4n) is 1.02. The normalized spacial score (nSPS) is 11.2. The zero-order chi connectivity index (χ0) is 11.3. The van der Waals surface area contributed by atoms with Crippen LogP contribution in [0.1, 0.15) is 10.4 Å². The number of esters is 1. The molecular weight excluding hydrogens is 216 g/mol. The van der Waals surface area contributed by atoms with Gasteiger partial charge in [0.2, 0.25) is 0 Å². The molecule has 0 heterocycles. The van der Waals surface area contributed by atoms with E-state index in [1.165, 1.54) is 7.11 Å². The van der Waals surface area contributed by atoms with Crippen molar-refractivity contribution in [2.45, 2.75) is 0 Å². The van der Waals surface area contributed by atoms with Gasteiger partial charge >= 0.3 is 5.97 Å². The molecule has 4 nitrogen and oxygen atoms in total. The molecule has 0 radical (unpaired) electrons. The van der Waals surface area contributed by atoms with Crippen molar-refractivity contribution in [1.82, 2.24) is 0 Å². The van der Waals surface area contributed by atoms with Gasteiger partial charge in [0.25, 0.3) is 0 Å². The molecule has 0 saturated heterocycles. The Labute approximate surface area is 92.7 Å². The van der Waals surface area contributed by atoms with Gasteiger partial charge in [-0.05, 0) is 18.2 Å². The topological polar surface area (TPSA) is 64.7 Å². The highest BCUT2D eigenvalue weighted by Crippen LogP contribution is 2.14. The number of amidine groups is 1. The molecule has 0 fully saturated rings. The van der Waals surface area contributed by atoms with Gasteiger partial charge in [0, 0.05) is 0 Å². The summed E-state index contributed by atoms with van der Waals surface area (Å²) in [7, 11) is 1.32. The highest BCUT2D eigenvalue weighted by molar-refractivity contribution is 6.28. The van der Waals surface area contributed by atoms with Gasteiger partial charge < -0.3 is 10.5 Å². The Hall–Kier alpha value is -1.55. The molecule has 80 valence electrons. The molecule has 0 aromatic heterocycles. The second-order valence-electron chi connectivity index (χ2n) is 2.78. The molecule has 0 spiro atoms.